The molecule has 0 saturated heterocycles. The predicted molar refractivity (Wildman–Crippen MR) is 68.4 cm³/mol. The molecule has 2 rings (SSSR count). The molecule has 0 bridgehead atoms. The molecule has 0 saturated carbocycles. The number of imidazole rings is 1. The summed E-state index contributed by atoms with van der Waals surface area (Å²) in [6.45, 7) is 3.11. The highest BCUT2D eigenvalue weighted by Gasteiger charge is 2.08. The number of hydrogen-bond donors (Lipinski definition) is 3. The molecule has 4 N–H and O–H groups in total. The summed E-state index contributed by atoms with van der Waals surface area (Å²) in [5.41, 5.74) is 7.39. The van der Waals surface area contributed by atoms with E-state index in [0.717, 1.165) is 12.1 Å². The molecule has 0 spiro atoms. The molecular formula is C11H16N6O. The van der Waals surface area contributed by atoms with Crippen LogP contribution in [0.5, 0.6) is 5.88 Å². The van der Waals surface area contributed by atoms with Crippen molar-refractivity contribution >= 4 is 11.5 Å². The van der Waals surface area contributed by atoms with Gasteiger partial charge in [-0.1, -0.05) is 0 Å². The molecule has 0 aliphatic heterocycles. The lowest BCUT2D eigenvalue weighted by molar-refractivity contribution is 0.328. The summed E-state index contributed by atoms with van der Waals surface area (Å²) in [4.78, 5) is 15.0. The molecule has 96 valence electrons. The zero-order chi connectivity index (χ0) is 12.8. The fourth-order valence-corrected chi connectivity index (χ4v) is 1.51. The van der Waals surface area contributed by atoms with Crippen LogP contribution in [0.25, 0.3) is 0 Å². The van der Waals surface area contributed by atoms with E-state index < -0.39 is 0 Å². The first-order chi connectivity index (χ1) is 8.81. The van der Waals surface area contributed by atoms with Gasteiger partial charge in [0.1, 0.15) is 12.0 Å². The Labute approximate surface area is 105 Å². The highest BCUT2D eigenvalue weighted by molar-refractivity contribution is 5.66. The van der Waals surface area contributed by atoms with Gasteiger partial charge < -0.3 is 20.8 Å². The number of anilines is 2. The van der Waals surface area contributed by atoms with Gasteiger partial charge in [-0.25, -0.2) is 9.97 Å². The van der Waals surface area contributed by atoms with Crippen molar-refractivity contribution in [2.24, 2.45) is 0 Å². The number of aromatic amines is 1. The van der Waals surface area contributed by atoms with Gasteiger partial charge in [-0.05, 0) is 6.92 Å². The summed E-state index contributed by atoms with van der Waals surface area (Å²) < 4.78 is 5.30. The predicted octanol–water partition coefficient (Wildman–Crippen LogP) is 0.835. The molecular weight excluding hydrogens is 232 g/mol. The smallest absolute Gasteiger partial charge is 0.242 e. The maximum absolute atomic E-state index is 5.90. The van der Waals surface area contributed by atoms with Crippen LogP contribution in [-0.4, -0.2) is 33.1 Å². The van der Waals surface area contributed by atoms with Crippen LogP contribution in [0.3, 0.4) is 0 Å². The Balaban J connectivity index is 1.94. The normalized spacial score (nSPS) is 10.3. The van der Waals surface area contributed by atoms with Gasteiger partial charge in [-0.3, -0.25) is 0 Å². The maximum Gasteiger partial charge on any atom is 0.242 e. The molecule has 2 heterocycles. The lowest BCUT2D eigenvalue weighted by Gasteiger charge is -2.10. The number of H-pyrrole nitrogens is 1. The largest absolute Gasteiger partial charge is 0.476 e. The number of hydrogen-bond acceptors (Lipinski definition) is 6. The Morgan fingerprint density at radius 2 is 2.33 bits per heavy atom. The third-order valence-electron chi connectivity index (χ3n) is 2.37. The first kappa shape index (κ1) is 12.2. The van der Waals surface area contributed by atoms with Crippen molar-refractivity contribution in [3.63, 3.8) is 0 Å². The van der Waals surface area contributed by atoms with Gasteiger partial charge in [0.25, 0.3) is 0 Å². The van der Waals surface area contributed by atoms with E-state index in [9.17, 15) is 0 Å². The topological polar surface area (TPSA) is 102 Å². The number of rotatable bonds is 6. The van der Waals surface area contributed by atoms with Gasteiger partial charge in [0, 0.05) is 24.9 Å². The van der Waals surface area contributed by atoms with E-state index in [1.807, 2.05) is 6.92 Å². The van der Waals surface area contributed by atoms with Crippen LogP contribution in [-0.2, 0) is 6.42 Å². The molecule has 0 radical (unpaired) electrons. The summed E-state index contributed by atoms with van der Waals surface area (Å²) in [6.07, 6.45) is 5.69. The first-order valence-corrected chi connectivity index (χ1v) is 5.75. The number of nitrogen functional groups attached to an aromatic ring is 1. The zero-order valence-corrected chi connectivity index (χ0v) is 10.2. The summed E-state index contributed by atoms with van der Waals surface area (Å²) in [6, 6.07) is 0. The second-order valence-electron chi connectivity index (χ2n) is 3.63. The molecule has 0 atom stereocenters. The quantitative estimate of drug-likeness (QED) is 0.700. The van der Waals surface area contributed by atoms with Crippen molar-refractivity contribution in [2.45, 2.75) is 13.3 Å². The second kappa shape index (κ2) is 5.85. The lowest BCUT2D eigenvalue weighted by Crippen LogP contribution is -2.10. The van der Waals surface area contributed by atoms with Gasteiger partial charge in [-0.15, -0.1) is 0 Å². The number of nitrogens with one attached hydrogen (secondary N) is 2. The van der Waals surface area contributed by atoms with Crippen LogP contribution >= 0.6 is 0 Å². The van der Waals surface area contributed by atoms with Crippen LogP contribution < -0.4 is 15.8 Å². The Morgan fingerprint density at radius 3 is 3.06 bits per heavy atom. The van der Waals surface area contributed by atoms with Crippen LogP contribution in [0, 0.1) is 0 Å². The fraction of sp³-hybridized carbons (Fsp3) is 0.364. The van der Waals surface area contributed by atoms with Gasteiger partial charge in [-0.2, -0.15) is 4.98 Å². The number of nitrogens with two attached hydrogens (primary N) is 1. The van der Waals surface area contributed by atoms with E-state index >= 15 is 0 Å². The molecule has 2 aromatic heterocycles. The van der Waals surface area contributed by atoms with Crippen LogP contribution in [0.2, 0.25) is 0 Å². The Hall–Kier alpha value is -2.31. The molecule has 0 aliphatic rings. The molecule has 18 heavy (non-hydrogen) atoms. The summed E-state index contributed by atoms with van der Waals surface area (Å²) in [5, 5.41) is 3.15. The van der Waals surface area contributed by atoms with E-state index in [0.29, 0.717) is 30.5 Å². The van der Waals surface area contributed by atoms with Crippen molar-refractivity contribution in [2.75, 3.05) is 24.2 Å². The fourth-order valence-electron chi connectivity index (χ4n) is 1.51. The average molecular weight is 248 g/mol. The van der Waals surface area contributed by atoms with E-state index in [1.54, 1.807) is 12.5 Å². The number of aromatic nitrogens is 4. The minimum absolute atomic E-state index is 0.413. The third-order valence-corrected chi connectivity index (χ3v) is 2.37. The monoisotopic (exact) mass is 248 g/mol. The molecule has 7 heteroatoms. The third kappa shape index (κ3) is 2.88. The second-order valence-corrected chi connectivity index (χ2v) is 3.63. The minimum atomic E-state index is 0.413. The Bertz CT molecular complexity index is 484. The highest BCUT2D eigenvalue weighted by atomic mass is 16.5. The molecule has 2 aromatic rings. The molecule has 0 aliphatic carbocycles. The van der Waals surface area contributed by atoms with E-state index in [2.05, 4.69) is 25.3 Å². The number of ether oxygens (including phenoxy) is 1. The van der Waals surface area contributed by atoms with Crippen molar-refractivity contribution in [1.82, 2.24) is 19.9 Å². The van der Waals surface area contributed by atoms with Crippen LogP contribution in [0.4, 0.5) is 11.5 Å². The maximum atomic E-state index is 5.90. The molecule has 0 amide bonds. The standard InChI is InChI=1S/C11H16N6O/c1-2-18-11-9(12)10(16-7-17-11)14-4-3-8-5-13-6-15-8/h5-7H,2-4,12H2,1H3,(H,13,15)(H,14,16,17). The van der Waals surface area contributed by atoms with Gasteiger partial charge in [0.2, 0.25) is 5.88 Å². The van der Waals surface area contributed by atoms with Crippen molar-refractivity contribution < 1.29 is 4.74 Å². The first-order valence-electron chi connectivity index (χ1n) is 5.75. The molecule has 0 aromatic carbocycles. The van der Waals surface area contributed by atoms with Crippen molar-refractivity contribution in [3.8, 4) is 5.88 Å². The van der Waals surface area contributed by atoms with E-state index in [4.69, 9.17) is 10.5 Å². The minimum Gasteiger partial charge on any atom is -0.476 e. The van der Waals surface area contributed by atoms with Crippen molar-refractivity contribution in [3.05, 3.63) is 24.5 Å². The molecule has 0 fully saturated rings. The van der Waals surface area contributed by atoms with E-state index in [-0.39, 0.29) is 0 Å². The van der Waals surface area contributed by atoms with Crippen LogP contribution in [0.1, 0.15) is 12.6 Å². The van der Waals surface area contributed by atoms with Crippen molar-refractivity contribution in [1.29, 1.82) is 0 Å². The Kier molecular flexibility index (Phi) is 3.95. The summed E-state index contributed by atoms with van der Waals surface area (Å²) in [5.74, 6) is 1.00. The summed E-state index contributed by atoms with van der Waals surface area (Å²) in [7, 11) is 0. The average Bonchev–Trinajstić information content (AvgIpc) is 2.87. The van der Waals surface area contributed by atoms with Gasteiger partial charge in [0.15, 0.2) is 5.82 Å². The molecule has 7 nitrogen and oxygen atoms in total. The summed E-state index contributed by atoms with van der Waals surface area (Å²) >= 11 is 0. The zero-order valence-electron chi connectivity index (χ0n) is 10.2. The van der Waals surface area contributed by atoms with E-state index in [1.165, 1.54) is 6.33 Å². The lowest BCUT2D eigenvalue weighted by atomic mass is 10.3. The number of nitrogens with zero attached hydrogens (tertiary/aromatic N) is 3. The van der Waals surface area contributed by atoms with Crippen LogP contribution in [0.15, 0.2) is 18.9 Å². The SMILES string of the molecule is CCOc1ncnc(NCCc2cnc[nH]2)c1N. The van der Waals surface area contributed by atoms with Gasteiger partial charge in [0.05, 0.1) is 12.9 Å². The highest BCUT2D eigenvalue weighted by Crippen LogP contribution is 2.24. The molecule has 0 unspecified atom stereocenters. The Morgan fingerprint density at radius 1 is 1.44 bits per heavy atom. The van der Waals surface area contributed by atoms with Gasteiger partial charge >= 0.3 is 0 Å².